The zero-order valence-electron chi connectivity index (χ0n) is 12.8. The molecule has 0 spiro atoms. The van der Waals surface area contributed by atoms with E-state index in [0.29, 0.717) is 6.61 Å². The van der Waals surface area contributed by atoms with E-state index in [1.807, 2.05) is 13.1 Å². The number of hydrogen-bond donors (Lipinski definition) is 1. The predicted molar refractivity (Wildman–Crippen MR) is 82.0 cm³/mol. The molecule has 0 saturated heterocycles. The van der Waals surface area contributed by atoms with Gasteiger partial charge in [-0.15, -0.1) is 0 Å². The Morgan fingerprint density at radius 1 is 1.20 bits per heavy atom. The Balaban J connectivity index is 1.87. The van der Waals surface area contributed by atoms with Gasteiger partial charge in [0.25, 0.3) is 0 Å². The molecule has 0 unspecified atom stereocenters. The summed E-state index contributed by atoms with van der Waals surface area (Å²) in [4.78, 5) is 0. The van der Waals surface area contributed by atoms with Crippen LogP contribution in [-0.4, -0.2) is 20.8 Å². The van der Waals surface area contributed by atoms with E-state index in [4.69, 9.17) is 9.47 Å². The smallest absolute Gasteiger partial charge is 0.124 e. The Morgan fingerprint density at radius 2 is 2.00 bits per heavy atom. The lowest BCUT2D eigenvalue weighted by Gasteiger charge is -2.21. The second-order valence-electron chi connectivity index (χ2n) is 5.70. The third kappa shape index (κ3) is 4.50. The summed E-state index contributed by atoms with van der Waals surface area (Å²) in [6.45, 7) is 2.41. The maximum absolute atomic E-state index is 5.93. The van der Waals surface area contributed by atoms with E-state index in [1.54, 1.807) is 7.11 Å². The van der Waals surface area contributed by atoms with Gasteiger partial charge in [0.05, 0.1) is 13.7 Å². The molecule has 0 aromatic heterocycles. The summed E-state index contributed by atoms with van der Waals surface area (Å²) >= 11 is 0. The summed E-state index contributed by atoms with van der Waals surface area (Å²) in [5.41, 5.74) is 2.42. The van der Waals surface area contributed by atoms with Crippen LogP contribution in [-0.2, 0) is 17.9 Å². The first-order valence-electron chi connectivity index (χ1n) is 7.71. The second kappa shape index (κ2) is 8.28. The molecular formula is C17H27NO2. The first-order valence-corrected chi connectivity index (χ1v) is 7.71. The highest BCUT2D eigenvalue weighted by atomic mass is 16.5. The zero-order valence-corrected chi connectivity index (χ0v) is 12.8. The van der Waals surface area contributed by atoms with Gasteiger partial charge in [-0.2, -0.15) is 0 Å². The summed E-state index contributed by atoms with van der Waals surface area (Å²) in [6.07, 6.45) is 6.80. The van der Waals surface area contributed by atoms with Crippen molar-refractivity contribution in [1.29, 1.82) is 0 Å². The Bertz CT molecular complexity index is 400. The molecule has 1 aromatic carbocycles. The molecule has 112 valence electrons. The first kappa shape index (κ1) is 15.3. The number of ether oxygens (including phenoxy) is 2. The fourth-order valence-corrected chi connectivity index (χ4v) is 2.95. The Kier molecular flexibility index (Phi) is 6.34. The van der Waals surface area contributed by atoms with Gasteiger partial charge in [0.1, 0.15) is 5.75 Å². The van der Waals surface area contributed by atoms with Crippen LogP contribution < -0.4 is 10.1 Å². The standard InChI is InChI=1S/C17H27NO2/c1-18-11-15-8-9-17(19-2)16(10-15)13-20-12-14-6-4-3-5-7-14/h8-10,14,18H,3-7,11-13H2,1-2H3. The van der Waals surface area contributed by atoms with Crippen LogP contribution in [0.4, 0.5) is 0 Å². The van der Waals surface area contributed by atoms with Crippen molar-refractivity contribution in [2.24, 2.45) is 5.92 Å². The van der Waals surface area contributed by atoms with Gasteiger partial charge in [0.15, 0.2) is 0 Å². The lowest BCUT2D eigenvalue weighted by Crippen LogP contribution is -2.13. The SMILES string of the molecule is CNCc1ccc(OC)c(COCC2CCCCC2)c1. The molecular weight excluding hydrogens is 250 g/mol. The molecule has 1 N–H and O–H groups in total. The topological polar surface area (TPSA) is 30.5 Å². The third-order valence-corrected chi connectivity index (χ3v) is 4.06. The van der Waals surface area contributed by atoms with Crippen LogP contribution >= 0.6 is 0 Å². The van der Waals surface area contributed by atoms with Crippen LogP contribution in [0.1, 0.15) is 43.2 Å². The summed E-state index contributed by atoms with van der Waals surface area (Å²) in [6, 6.07) is 6.31. The number of nitrogens with one attached hydrogen (secondary N) is 1. The van der Waals surface area contributed by atoms with E-state index < -0.39 is 0 Å². The summed E-state index contributed by atoms with van der Waals surface area (Å²) < 4.78 is 11.4. The second-order valence-corrected chi connectivity index (χ2v) is 5.70. The maximum atomic E-state index is 5.93. The quantitative estimate of drug-likeness (QED) is 0.827. The molecule has 1 saturated carbocycles. The highest BCUT2D eigenvalue weighted by Gasteiger charge is 2.14. The molecule has 0 radical (unpaired) electrons. The lowest BCUT2D eigenvalue weighted by molar-refractivity contribution is 0.0727. The van der Waals surface area contributed by atoms with Gasteiger partial charge in [-0.1, -0.05) is 25.3 Å². The van der Waals surface area contributed by atoms with E-state index in [2.05, 4.69) is 17.4 Å². The van der Waals surface area contributed by atoms with Crippen molar-refractivity contribution in [2.75, 3.05) is 20.8 Å². The van der Waals surface area contributed by atoms with Crippen molar-refractivity contribution in [1.82, 2.24) is 5.32 Å². The predicted octanol–water partition coefficient (Wildman–Crippen LogP) is 3.51. The minimum absolute atomic E-state index is 0.650. The van der Waals surface area contributed by atoms with Crippen molar-refractivity contribution in [3.63, 3.8) is 0 Å². The minimum Gasteiger partial charge on any atom is -0.496 e. The highest BCUT2D eigenvalue weighted by Crippen LogP contribution is 2.25. The van der Waals surface area contributed by atoms with Gasteiger partial charge in [0.2, 0.25) is 0 Å². The van der Waals surface area contributed by atoms with Crippen LogP contribution in [0, 0.1) is 5.92 Å². The first-order chi connectivity index (χ1) is 9.83. The Hall–Kier alpha value is -1.06. The van der Waals surface area contributed by atoms with E-state index in [-0.39, 0.29) is 0 Å². The lowest BCUT2D eigenvalue weighted by atomic mass is 9.90. The van der Waals surface area contributed by atoms with Gasteiger partial charge < -0.3 is 14.8 Å². The van der Waals surface area contributed by atoms with Crippen molar-refractivity contribution < 1.29 is 9.47 Å². The van der Waals surface area contributed by atoms with E-state index in [9.17, 15) is 0 Å². The fourth-order valence-electron chi connectivity index (χ4n) is 2.95. The molecule has 1 aromatic rings. The number of benzene rings is 1. The summed E-state index contributed by atoms with van der Waals surface area (Å²) in [5, 5.41) is 3.17. The van der Waals surface area contributed by atoms with Crippen LogP contribution in [0.5, 0.6) is 5.75 Å². The summed E-state index contributed by atoms with van der Waals surface area (Å²) in [5.74, 6) is 1.68. The number of methoxy groups -OCH3 is 1. The van der Waals surface area contributed by atoms with Crippen LogP contribution in [0.3, 0.4) is 0 Å². The molecule has 2 rings (SSSR count). The van der Waals surface area contributed by atoms with Gasteiger partial charge >= 0.3 is 0 Å². The average molecular weight is 277 g/mol. The number of hydrogen-bond acceptors (Lipinski definition) is 3. The van der Waals surface area contributed by atoms with Gasteiger partial charge in [0, 0.05) is 18.7 Å². The Labute approximate surface area is 122 Å². The molecule has 0 atom stereocenters. The van der Waals surface area contributed by atoms with Gasteiger partial charge in [-0.05, 0) is 43.5 Å². The van der Waals surface area contributed by atoms with Crippen LogP contribution in [0.25, 0.3) is 0 Å². The monoisotopic (exact) mass is 277 g/mol. The molecule has 0 bridgehead atoms. The van der Waals surface area contributed by atoms with Crippen molar-refractivity contribution in [3.05, 3.63) is 29.3 Å². The maximum Gasteiger partial charge on any atom is 0.124 e. The molecule has 1 aliphatic carbocycles. The molecule has 0 amide bonds. The molecule has 0 aliphatic heterocycles. The largest absolute Gasteiger partial charge is 0.496 e. The fraction of sp³-hybridized carbons (Fsp3) is 0.647. The minimum atomic E-state index is 0.650. The molecule has 3 nitrogen and oxygen atoms in total. The molecule has 20 heavy (non-hydrogen) atoms. The van der Waals surface area contributed by atoms with Crippen molar-refractivity contribution in [3.8, 4) is 5.75 Å². The molecule has 1 aliphatic rings. The average Bonchev–Trinajstić information content (AvgIpc) is 2.49. The van der Waals surface area contributed by atoms with Crippen LogP contribution in [0.15, 0.2) is 18.2 Å². The highest BCUT2D eigenvalue weighted by molar-refractivity contribution is 5.36. The van der Waals surface area contributed by atoms with E-state index >= 15 is 0 Å². The zero-order chi connectivity index (χ0) is 14.2. The van der Waals surface area contributed by atoms with Crippen molar-refractivity contribution in [2.45, 2.75) is 45.3 Å². The molecule has 0 heterocycles. The molecule has 1 fully saturated rings. The van der Waals surface area contributed by atoms with Gasteiger partial charge in [-0.3, -0.25) is 0 Å². The molecule has 3 heteroatoms. The normalized spacial score (nSPS) is 16.3. The number of rotatable bonds is 7. The van der Waals surface area contributed by atoms with Crippen molar-refractivity contribution >= 4 is 0 Å². The van der Waals surface area contributed by atoms with E-state index in [1.165, 1.54) is 37.7 Å². The Morgan fingerprint density at radius 3 is 2.70 bits per heavy atom. The van der Waals surface area contributed by atoms with Crippen LogP contribution in [0.2, 0.25) is 0 Å². The summed E-state index contributed by atoms with van der Waals surface area (Å²) in [7, 11) is 3.68. The van der Waals surface area contributed by atoms with Gasteiger partial charge in [-0.25, -0.2) is 0 Å². The van der Waals surface area contributed by atoms with E-state index in [0.717, 1.165) is 30.4 Å². The third-order valence-electron chi connectivity index (χ3n) is 4.06.